The summed E-state index contributed by atoms with van der Waals surface area (Å²) in [6, 6.07) is -0.877. The normalized spacial score (nSPS) is 17.5. The number of carboxylic acids is 1. The SMILES string of the molecule is CC(C)N1CCN(C(=O)C[C@H](NC(=O)OC(C)(C)C)C(=O)O)CC1. The number of alkyl carbamates (subject to hydrolysis) is 1. The zero-order chi connectivity index (χ0) is 18.5. The highest BCUT2D eigenvalue weighted by Gasteiger charge is 2.29. The van der Waals surface area contributed by atoms with Gasteiger partial charge in [0.05, 0.1) is 6.42 Å². The molecule has 1 rings (SSSR count). The van der Waals surface area contributed by atoms with Crippen molar-refractivity contribution < 1.29 is 24.2 Å². The van der Waals surface area contributed by atoms with Gasteiger partial charge in [-0.15, -0.1) is 0 Å². The number of nitrogens with one attached hydrogen (secondary N) is 1. The number of aliphatic carboxylic acids is 1. The van der Waals surface area contributed by atoms with Gasteiger partial charge in [0, 0.05) is 32.2 Å². The molecule has 8 nitrogen and oxygen atoms in total. The number of carboxylic acid groups (broad SMARTS) is 1. The Morgan fingerprint density at radius 1 is 1.12 bits per heavy atom. The molecule has 0 saturated carbocycles. The number of carbonyl (C=O) groups is 3. The molecular formula is C16H29N3O5. The van der Waals surface area contributed by atoms with Crippen LogP contribution in [0, 0.1) is 0 Å². The first-order chi connectivity index (χ1) is 11.0. The van der Waals surface area contributed by atoms with Gasteiger partial charge < -0.3 is 20.1 Å². The van der Waals surface area contributed by atoms with E-state index < -0.39 is 23.7 Å². The summed E-state index contributed by atoms with van der Waals surface area (Å²) in [6.07, 6.45) is -1.12. The van der Waals surface area contributed by atoms with Crippen LogP contribution in [-0.4, -0.2) is 76.7 Å². The standard InChI is InChI=1S/C16H29N3O5/c1-11(2)18-6-8-19(9-7-18)13(20)10-12(14(21)22)17-15(23)24-16(3,4)5/h11-12H,6-10H2,1-5H3,(H,17,23)(H,21,22)/t12-/m0/s1. The molecule has 138 valence electrons. The smallest absolute Gasteiger partial charge is 0.408 e. The van der Waals surface area contributed by atoms with Crippen molar-refractivity contribution in [1.82, 2.24) is 15.1 Å². The summed E-state index contributed by atoms with van der Waals surface area (Å²) in [5.74, 6) is -1.53. The summed E-state index contributed by atoms with van der Waals surface area (Å²) in [7, 11) is 0. The Morgan fingerprint density at radius 2 is 1.67 bits per heavy atom. The molecule has 1 atom stereocenters. The molecule has 0 radical (unpaired) electrons. The van der Waals surface area contributed by atoms with Crippen LogP contribution in [-0.2, 0) is 14.3 Å². The largest absolute Gasteiger partial charge is 0.480 e. The minimum Gasteiger partial charge on any atom is -0.480 e. The van der Waals surface area contributed by atoms with Crippen molar-refractivity contribution in [2.75, 3.05) is 26.2 Å². The number of piperazine rings is 1. The molecule has 8 heteroatoms. The molecule has 0 bridgehead atoms. The van der Waals surface area contributed by atoms with Gasteiger partial charge in [-0.3, -0.25) is 9.69 Å². The molecule has 1 aliphatic heterocycles. The lowest BCUT2D eigenvalue weighted by molar-refractivity contribution is -0.144. The van der Waals surface area contributed by atoms with Crippen LogP contribution < -0.4 is 5.32 Å². The first-order valence-corrected chi connectivity index (χ1v) is 8.23. The molecule has 24 heavy (non-hydrogen) atoms. The van der Waals surface area contributed by atoms with Gasteiger partial charge in [0.15, 0.2) is 0 Å². The minimum atomic E-state index is -1.30. The topological polar surface area (TPSA) is 99.2 Å². The summed E-state index contributed by atoms with van der Waals surface area (Å²) in [5.41, 5.74) is -0.732. The molecule has 1 aliphatic rings. The Balaban J connectivity index is 2.55. The molecule has 2 N–H and O–H groups in total. The second-order valence-corrected chi connectivity index (χ2v) is 7.25. The van der Waals surface area contributed by atoms with Gasteiger partial charge in [0.1, 0.15) is 11.6 Å². The summed E-state index contributed by atoms with van der Waals surface area (Å²) < 4.78 is 5.04. The average Bonchev–Trinajstić information content (AvgIpc) is 2.44. The third kappa shape index (κ3) is 6.74. The Bertz CT molecular complexity index is 465. The molecule has 1 heterocycles. The van der Waals surface area contributed by atoms with Crippen LogP contribution in [0.25, 0.3) is 0 Å². The molecule has 0 aliphatic carbocycles. The highest BCUT2D eigenvalue weighted by molar-refractivity contribution is 5.87. The number of rotatable bonds is 5. The molecule has 2 amide bonds. The molecule has 0 spiro atoms. The Labute approximate surface area is 143 Å². The van der Waals surface area contributed by atoms with Gasteiger partial charge in [-0.05, 0) is 34.6 Å². The molecule has 0 aromatic heterocycles. The number of nitrogens with zero attached hydrogens (tertiary/aromatic N) is 2. The van der Waals surface area contributed by atoms with Crippen LogP contribution in [0.5, 0.6) is 0 Å². The zero-order valence-electron chi connectivity index (χ0n) is 15.2. The summed E-state index contributed by atoms with van der Waals surface area (Å²) in [4.78, 5) is 39.2. The fraction of sp³-hybridized carbons (Fsp3) is 0.812. The van der Waals surface area contributed by atoms with Gasteiger partial charge in [-0.25, -0.2) is 9.59 Å². The van der Waals surface area contributed by atoms with E-state index in [1.807, 2.05) is 0 Å². The fourth-order valence-corrected chi connectivity index (χ4v) is 2.44. The van der Waals surface area contributed by atoms with Crippen LogP contribution >= 0.6 is 0 Å². The maximum Gasteiger partial charge on any atom is 0.408 e. The lowest BCUT2D eigenvalue weighted by Crippen LogP contribution is -2.52. The highest BCUT2D eigenvalue weighted by Crippen LogP contribution is 2.10. The van der Waals surface area contributed by atoms with Crippen LogP contribution in [0.3, 0.4) is 0 Å². The first kappa shape index (κ1) is 20.2. The Morgan fingerprint density at radius 3 is 2.08 bits per heavy atom. The van der Waals surface area contributed by atoms with Gasteiger partial charge in [-0.1, -0.05) is 0 Å². The van der Waals surface area contributed by atoms with Crippen molar-refractivity contribution in [2.45, 2.75) is 58.7 Å². The van der Waals surface area contributed by atoms with Crippen LogP contribution in [0.4, 0.5) is 4.79 Å². The first-order valence-electron chi connectivity index (χ1n) is 8.23. The Kier molecular flexibility index (Phi) is 7.01. The Hall–Kier alpha value is -1.83. The van der Waals surface area contributed by atoms with Crippen molar-refractivity contribution in [1.29, 1.82) is 0 Å². The maximum absolute atomic E-state index is 12.3. The van der Waals surface area contributed by atoms with Crippen molar-refractivity contribution >= 4 is 18.0 Å². The number of amides is 2. The van der Waals surface area contributed by atoms with E-state index in [9.17, 15) is 19.5 Å². The minimum absolute atomic E-state index is 0.276. The highest BCUT2D eigenvalue weighted by atomic mass is 16.6. The van der Waals surface area contributed by atoms with Gasteiger partial charge >= 0.3 is 12.1 Å². The van der Waals surface area contributed by atoms with Crippen LogP contribution in [0.1, 0.15) is 41.0 Å². The summed E-state index contributed by atoms with van der Waals surface area (Å²) in [6.45, 7) is 11.9. The van der Waals surface area contributed by atoms with Crippen LogP contribution in [0.15, 0.2) is 0 Å². The van der Waals surface area contributed by atoms with Crippen LogP contribution in [0.2, 0.25) is 0 Å². The summed E-state index contributed by atoms with van der Waals surface area (Å²) in [5, 5.41) is 11.5. The number of ether oxygens (including phenoxy) is 1. The van der Waals surface area contributed by atoms with Gasteiger partial charge in [0.2, 0.25) is 5.91 Å². The lowest BCUT2D eigenvalue weighted by Gasteiger charge is -2.37. The van der Waals surface area contributed by atoms with E-state index in [0.29, 0.717) is 19.1 Å². The van der Waals surface area contributed by atoms with Gasteiger partial charge in [0.25, 0.3) is 0 Å². The van der Waals surface area contributed by atoms with E-state index >= 15 is 0 Å². The number of carbonyl (C=O) groups excluding carboxylic acids is 2. The quantitative estimate of drug-likeness (QED) is 0.770. The van der Waals surface area contributed by atoms with E-state index in [1.54, 1.807) is 25.7 Å². The van der Waals surface area contributed by atoms with Crippen molar-refractivity contribution in [3.63, 3.8) is 0 Å². The second kappa shape index (κ2) is 8.32. The predicted octanol–water partition coefficient (Wildman–Crippen LogP) is 0.907. The van der Waals surface area contributed by atoms with E-state index in [1.165, 1.54) is 0 Å². The zero-order valence-corrected chi connectivity index (χ0v) is 15.2. The van der Waals surface area contributed by atoms with Crippen molar-refractivity contribution in [3.05, 3.63) is 0 Å². The molecular weight excluding hydrogens is 314 g/mol. The third-order valence-electron chi connectivity index (χ3n) is 3.77. The predicted molar refractivity (Wildman–Crippen MR) is 88.7 cm³/mol. The second-order valence-electron chi connectivity index (χ2n) is 7.25. The molecule has 0 aromatic carbocycles. The lowest BCUT2D eigenvalue weighted by atomic mass is 10.1. The average molecular weight is 343 g/mol. The third-order valence-corrected chi connectivity index (χ3v) is 3.77. The van der Waals surface area contributed by atoms with Gasteiger partial charge in [-0.2, -0.15) is 0 Å². The van der Waals surface area contributed by atoms with E-state index in [2.05, 4.69) is 24.1 Å². The summed E-state index contributed by atoms with van der Waals surface area (Å²) >= 11 is 0. The maximum atomic E-state index is 12.3. The van der Waals surface area contributed by atoms with Crippen molar-refractivity contribution in [2.24, 2.45) is 0 Å². The number of hydrogen-bond donors (Lipinski definition) is 2. The molecule has 1 fully saturated rings. The molecule has 1 saturated heterocycles. The molecule has 0 unspecified atom stereocenters. The fourth-order valence-electron chi connectivity index (χ4n) is 2.44. The van der Waals surface area contributed by atoms with Crippen molar-refractivity contribution in [3.8, 4) is 0 Å². The number of hydrogen-bond acceptors (Lipinski definition) is 5. The van der Waals surface area contributed by atoms with E-state index in [-0.39, 0.29) is 12.3 Å². The monoisotopic (exact) mass is 343 g/mol. The molecule has 0 aromatic rings. The van der Waals surface area contributed by atoms with E-state index in [0.717, 1.165) is 13.1 Å². The van der Waals surface area contributed by atoms with E-state index in [4.69, 9.17) is 4.74 Å².